The Kier molecular flexibility index (Phi) is 6.49. The molecule has 1 aliphatic heterocycles. The van der Waals surface area contributed by atoms with E-state index in [0.29, 0.717) is 17.7 Å². The van der Waals surface area contributed by atoms with Gasteiger partial charge in [0.1, 0.15) is 0 Å². The Morgan fingerprint density at radius 2 is 1.82 bits per heavy atom. The van der Waals surface area contributed by atoms with Crippen LogP contribution in [0.1, 0.15) is 40.4 Å². The molecule has 0 radical (unpaired) electrons. The minimum Gasteiger partial charge on any atom is -0.465 e. The van der Waals surface area contributed by atoms with E-state index in [-0.39, 0.29) is 10.9 Å². The van der Waals surface area contributed by atoms with Crippen LogP contribution in [0, 0.1) is 6.92 Å². The molecular weight excluding hydrogens is 376 g/mol. The Morgan fingerprint density at radius 3 is 2.43 bits per heavy atom. The maximum absolute atomic E-state index is 12.9. The first-order valence-electron chi connectivity index (χ1n) is 9.40. The van der Waals surface area contributed by atoms with Crippen LogP contribution in [0.5, 0.6) is 0 Å². The number of hydrogen-bond donors (Lipinski definition) is 1. The summed E-state index contributed by atoms with van der Waals surface area (Å²) in [6.45, 7) is 3.91. The number of hydrogen-bond acceptors (Lipinski definition) is 5. The SMILES string of the molecule is COC(=O)c1ccc(S(=O)(=O)NCC(c2ccccc2)N2CCCC2)c(C)c1. The van der Waals surface area contributed by atoms with E-state index in [9.17, 15) is 13.2 Å². The van der Waals surface area contributed by atoms with E-state index in [2.05, 4.69) is 9.62 Å². The molecule has 0 saturated carbocycles. The standard InChI is InChI=1S/C21H26N2O4S/c1-16-14-18(21(24)27-2)10-11-20(16)28(25,26)22-15-19(23-12-6-7-13-23)17-8-4-3-5-9-17/h3-5,8-11,14,19,22H,6-7,12-13,15H2,1-2H3. The topological polar surface area (TPSA) is 75.7 Å². The number of carbonyl (C=O) groups excluding carboxylic acids is 1. The molecular formula is C21H26N2O4S. The van der Waals surface area contributed by atoms with E-state index >= 15 is 0 Å². The lowest BCUT2D eigenvalue weighted by atomic mass is 10.1. The van der Waals surface area contributed by atoms with Crippen molar-refractivity contribution in [2.45, 2.75) is 30.7 Å². The van der Waals surface area contributed by atoms with Gasteiger partial charge in [-0.15, -0.1) is 0 Å². The number of likely N-dealkylation sites (tertiary alicyclic amines) is 1. The molecule has 2 aromatic carbocycles. The van der Waals surface area contributed by atoms with Gasteiger partial charge < -0.3 is 4.74 Å². The summed E-state index contributed by atoms with van der Waals surface area (Å²) in [7, 11) is -2.40. The summed E-state index contributed by atoms with van der Waals surface area (Å²) in [6.07, 6.45) is 2.26. The minimum absolute atomic E-state index is 0.00637. The summed E-state index contributed by atoms with van der Waals surface area (Å²) in [5.41, 5.74) is 1.94. The largest absolute Gasteiger partial charge is 0.465 e. The molecule has 1 aliphatic rings. The second-order valence-corrected chi connectivity index (χ2v) is 8.73. The molecule has 2 aromatic rings. The van der Waals surface area contributed by atoms with Crippen molar-refractivity contribution in [3.8, 4) is 0 Å². The zero-order valence-electron chi connectivity index (χ0n) is 16.2. The molecule has 7 heteroatoms. The number of benzene rings is 2. The maximum atomic E-state index is 12.9. The molecule has 1 N–H and O–H groups in total. The summed E-state index contributed by atoms with van der Waals surface area (Å²) < 4.78 is 33.3. The number of nitrogens with one attached hydrogen (secondary N) is 1. The first kappa shape index (κ1) is 20.5. The van der Waals surface area contributed by atoms with Gasteiger partial charge in [-0.25, -0.2) is 17.9 Å². The van der Waals surface area contributed by atoms with E-state index in [4.69, 9.17) is 4.74 Å². The summed E-state index contributed by atoms with van der Waals surface area (Å²) in [4.78, 5) is 14.2. The van der Waals surface area contributed by atoms with Crippen molar-refractivity contribution in [3.63, 3.8) is 0 Å². The molecule has 0 amide bonds. The summed E-state index contributed by atoms with van der Waals surface area (Å²) >= 11 is 0. The van der Waals surface area contributed by atoms with Crippen LogP contribution in [0.15, 0.2) is 53.4 Å². The van der Waals surface area contributed by atoms with Gasteiger partial charge in [-0.2, -0.15) is 0 Å². The summed E-state index contributed by atoms with van der Waals surface area (Å²) in [6, 6.07) is 14.4. The molecule has 150 valence electrons. The van der Waals surface area contributed by atoms with Gasteiger partial charge in [0.15, 0.2) is 0 Å². The molecule has 1 heterocycles. The molecule has 3 rings (SSSR count). The first-order valence-corrected chi connectivity index (χ1v) is 10.9. The van der Waals surface area contributed by atoms with Crippen LogP contribution in [0.2, 0.25) is 0 Å². The van der Waals surface area contributed by atoms with Crippen LogP contribution in [-0.4, -0.2) is 46.0 Å². The number of rotatable bonds is 7. The van der Waals surface area contributed by atoms with Gasteiger partial charge >= 0.3 is 5.97 Å². The number of aryl methyl sites for hydroxylation is 1. The number of esters is 1. The molecule has 0 aromatic heterocycles. The van der Waals surface area contributed by atoms with Crippen molar-refractivity contribution < 1.29 is 17.9 Å². The van der Waals surface area contributed by atoms with Crippen molar-refractivity contribution in [2.75, 3.05) is 26.7 Å². The number of ether oxygens (including phenoxy) is 1. The molecule has 28 heavy (non-hydrogen) atoms. The van der Waals surface area contributed by atoms with Crippen LogP contribution >= 0.6 is 0 Å². The maximum Gasteiger partial charge on any atom is 0.337 e. The Bertz CT molecular complexity index is 923. The monoisotopic (exact) mass is 402 g/mol. The van der Waals surface area contributed by atoms with E-state index in [1.165, 1.54) is 25.3 Å². The van der Waals surface area contributed by atoms with Gasteiger partial charge in [-0.05, 0) is 62.2 Å². The lowest BCUT2D eigenvalue weighted by Gasteiger charge is -2.28. The van der Waals surface area contributed by atoms with Crippen LogP contribution in [0.3, 0.4) is 0 Å². The third-order valence-electron chi connectivity index (χ3n) is 5.12. The van der Waals surface area contributed by atoms with Crippen LogP contribution < -0.4 is 4.72 Å². The number of methoxy groups -OCH3 is 1. The average Bonchev–Trinajstić information content (AvgIpc) is 3.22. The predicted molar refractivity (Wildman–Crippen MR) is 108 cm³/mol. The lowest BCUT2D eigenvalue weighted by Crippen LogP contribution is -2.37. The molecule has 0 aliphatic carbocycles. The van der Waals surface area contributed by atoms with Crippen LogP contribution in [-0.2, 0) is 14.8 Å². The Morgan fingerprint density at radius 1 is 1.14 bits per heavy atom. The predicted octanol–water partition coefficient (Wildman–Crippen LogP) is 2.90. The molecule has 1 saturated heterocycles. The van der Waals surface area contributed by atoms with Gasteiger partial charge in [0.25, 0.3) is 0 Å². The molecule has 0 spiro atoms. The van der Waals surface area contributed by atoms with Gasteiger partial charge in [-0.3, -0.25) is 4.90 Å². The summed E-state index contributed by atoms with van der Waals surface area (Å²) in [5.74, 6) is -0.488. The van der Waals surface area contributed by atoms with E-state index < -0.39 is 16.0 Å². The highest BCUT2D eigenvalue weighted by Crippen LogP contribution is 2.25. The fourth-order valence-electron chi connectivity index (χ4n) is 3.65. The van der Waals surface area contributed by atoms with Crippen LogP contribution in [0.25, 0.3) is 0 Å². The first-order chi connectivity index (χ1) is 13.4. The van der Waals surface area contributed by atoms with E-state index in [1.54, 1.807) is 6.92 Å². The number of sulfonamides is 1. The van der Waals surface area contributed by atoms with Crippen molar-refractivity contribution in [1.29, 1.82) is 0 Å². The number of nitrogens with zero attached hydrogens (tertiary/aromatic N) is 1. The fraction of sp³-hybridized carbons (Fsp3) is 0.381. The fourth-order valence-corrected chi connectivity index (χ4v) is 4.91. The third kappa shape index (κ3) is 4.60. The second-order valence-electron chi connectivity index (χ2n) is 6.99. The van der Waals surface area contributed by atoms with E-state index in [1.807, 2.05) is 30.3 Å². The Balaban J connectivity index is 1.80. The highest BCUT2D eigenvalue weighted by atomic mass is 32.2. The lowest BCUT2D eigenvalue weighted by molar-refractivity contribution is 0.0600. The van der Waals surface area contributed by atoms with Crippen molar-refractivity contribution in [3.05, 3.63) is 65.2 Å². The quantitative estimate of drug-likeness (QED) is 0.721. The zero-order valence-corrected chi connectivity index (χ0v) is 17.0. The molecule has 6 nitrogen and oxygen atoms in total. The van der Waals surface area contributed by atoms with Crippen molar-refractivity contribution >= 4 is 16.0 Å². The zero-order chi connectivity index (χ0) is 20.1. The van der Waals surface area contributed by atoms with Gasteiger partial charge in [-0.1, -0.05) is 30.3 Å². The van der Waals surface area contributed by atoms with Crippen molar-refractivity contribution in [1.82, 2.24) is 9.62 Å². The molecule has 1 unspecified atom stereocenters. The van der Waals surface area contributed by atoms with Crippen LogP contribution in [0.4, 0.5) is 0 Å². The molecule has 0 bridgehead atoms. The van der Waals surface area contributed by atoms with Crippen molar-refractivity contribution in [2.24, 2.45) is 0 Å². The molecule has 1 fully saturated rings. The van der Waals surface area contributed by atoms with Gasteiger partial charge in [0.2, 0.25) is 10.0 Å². The van der Waals surface area contributed by atoms with Gasteiger partial charge in [0, 0.05) is 12.6 Å². The smallest absolute Gasteiger partial charge is 0.337 e. The Labute approximate surface area is 166 Å². The highest BCUT2D eigenvalue weighted by molar-refractivity contribution is 7.89. The summed E-state index contributed by atoms with van der Waals surface area (Å²) in [5, 5.41) is 0. The normalized spacial score (nSPS) is 16.1. The average molecular weight is 403 g/mol. The van der Waals surface area contributed by atoms with E-state index in [0.717, 1.165) is 31.5 Å². The third-order valence-corrected chi connectivity index (χ3v) is 6.70. The number of carbonyl (C=O) groups is 1. The highest BCUT2D eigenvalue weighted by Gasteiger charge is 2.26. The second kappa shape index (κ2) is 8.86. The minimum atomic E-state index is -3.70. The Hall–Kier alpha value is -2.22. The molecule has 1 atom stereocenters. The van der Waals surface area contributed by atoms with Gasteiger partial charge in [0.05, 0.1) is 17.6 Å².